The van der Waals surface area contributed by atoms with E-state index in [-0.39, 0.29) is 10.9 Å². The highest BCUT2D eigenvalue weighted by atomic mass is 35.5. The maximum atomic E-state index is 13.6. The van der Waals surface area contributed by atoms with Gasteiger partial charge in [0.05, 0.1) is 22.5 Å². The molecule has 0 unspecified atom stereocenters. The topological polar surface area (TPSA) is 54.6 Å². The molecule has 0 aliphatic carbocycles. The SMILES string of the molecule is O=c1c2ccccc2c(C=Nc2cc(Cl)cc(Cl)c2)c(O)n1-c1ccccc1C(F)(F)F. The zero-order valence-electron chi connectivity index (χ0n) is 16.1. The molecule has 0 saturated heterocycles. The van der Waals surface area contributed by atoms with E-state index in [4.69, 9.17) is 23.2 Å². The molecule has 4 aromatic rings. The first kappa shape index (κ1) is 21.9. The summed E-state index contributed by atoms with van der Waals surface area (Å²) < 4.78 is 41.5. The number of pyridine rings is 1. The van der Waals surface area contributed by atoms with Crippen molar-refractivity contribution in [1.29, 1.82) is 0 Å². The Balaban J connectivity index is 2.02. The Morgan fingerprint density at radius 3 is 2.16 bits per heavy atom. The molecule has 0 bridgehead atoms. The van der Waals surface area contributed by atoms with Gasteiger partial charge in [0.2, 0.25) is 5.88 Å². The average Bonchev–Trinajstić information content (AvgIpc) is 2.73. The van der Waals surface area contributed by atoms with E-state index in [1.165, 1.54) is 42.6 Å². The van der Waals surface area contributed by atoms with Gasteiger partial charge in [0.25, 0.3) is 5.56 Å². The first-order chi connectivity index (χ1) is 15.2. The summed E-state index contributed by atoms with van der Waals surface area (Å²) >= 11 is 12.0. The van der Waals surface area contributed by atoms with Crippen LogP contribution in [0.15, 0.2) is 76.5 Å². The van der Waals surface area contributed by atoms with Gasteiger partial charge in [-0.1, -0.05) is 53.5 Å². The van der Waals surface area contributed by atoms with E-state index >= 15 is 0 Å². The van der Waals surface area contributed by atoms with Crippen LogP contribution in [0.2, 0.25) is 10.0 Å². The van der Waals surface area contributed by atoms with Crippen LogP contribution in [0.4, 0.5) is 18.9 Å². The predicted molar refractivity (Wildman–Crippen MR) is 120 cm³/mol. The van der Waals surface area contributed by atoms with Gasteiger partial charge in [-0.2, -0.15) is 13.2 Å². The Labute approximate surface area is 189 Å². The first-order valence-electron chi connectivity index (χ1n) is 9.20. The number of benzene rings is 3. The number of rotatable bonds is 3. The maximum Gasteiger partial charge on any atom is 0.418 e. The van der Waals surface area contributed by atoms with Crippen molar-refractivity contribution in [2.24, 2.45) is 4.99 Å². The lowest BCUT2D eigenvalue weighted by Gasteiger charge is -2.18. The van der Waals surface area contributed by atoms with Crippen LogP contribution in [-0.4, -0.2) is 15.9 Å². The Bertz CT molecular complexity index is 1410. The molecule has 0 aliphatic rings. The van der Waals surface area contributed by atoms with Crippen LogP contribution in [-0.2, 0) is 6.18 Å². The van der Waals surface area contributed by atoms with Crippen molar-refractivity contribution >= 4 is 45.9 Å². The zero-order valence-corrected chi connectivity index (χ0v) is 17.6. The Morgan fingerprint density at radius 2 is 1.50 bits per heavy atom. The summed E-state index contributed by atoms with van der Waals surface area (Å²) in [5.41, 5.74) is -1.92. The molecule has 0 atom stereocenters. The van der Waals surface area contributed by atoms with Crippen LogP contribution in [0.1, 0.15) is 11.1 Å². The summed E-state index contributed by atoms with van der Waals surface area (Å²) in [5, 5.41) is 12.1. The van der Waals surface area contributed by atoms with E-state index < -0.39 is 28.9 Å². The molecule has 1 heterocycles. The van der Waals surface area contributed by atoms with Gasteiger partial charge < -0.3 is 5.11 Å². The normalized spacial score (nSPS) is 12.0. The van der Waals surface area contributed by atoms with Crippen molar-refractivity contribution in [2.45, 2.75) is 6.18 Å². The Morgan fingerprint density at radius 1 is 0.906 bits per heavy atom. The molecule has 0 fully saturated rings. The molecule has 9 heteroatoms. The van der Waals surface area contributed by atoms with Gasteiger partial charge >= 0.3 is 6.18 Å². The number of fused-ring (bicyclic) bond motifs is 1. The second-order valence-electron chi connectivity index (χ2n) is 6.82. The second kappa shape index (κ2) is 8.33. The van der Waals surface area contributed by atoms with Crippen molar-refractivity contribution in [2.75, 3.05) is 0 Å². The monoisotopic (exact) mass is 476 g/mol. The maximum absolute atomic E-state index is 13.6. The molecular formula is C23H13Cl2F3N2O2. The molecule has 32 heavy (non-hydrogen) atoms. The van der Waals surface area contributed by atoms with Crippen LogP contribution in [0.25, 0.3) is 16.5 Å². The molecule has 4 rings (SSSR count). The third-order valence-electron chi connectivity index (χ3n) is 4.74. The van der Waals surface area contributed by atoms with Gasteiger partial charge in [0.1, 0.15) is 0 Å². The minimum atomic E-state index is -4.74. The van der Waals surface area contributed by atoms with E-state index in [2.05, 4.69) is 4.99 Å². The number of hydrogen-bond donors (Lipinski definition) is 1. The molecule has 1 aromatic heterocycles. The van der Waals surface area contributed by atoms with E-state index in [9.17, 15) is 23.1 Å². The van der Waals surface area contributed by atoms with Crippen LogP contribution in [0.5, 0.6) is 5.88 Å². The quantitative estimate of drug-likeness (QED) is 0.331. The number of hydrogen-bond acceptors (Lipinski definition) is 3. The molecule has 1 N–H and O–H groups in total. The van der Waals surface area contributed by atoms with Crippen LogP contribution >= 0.6 is 23.2 Å². The number of alkyl halides is 3. The van der Waals surface area contributed by atoms with Crippen molar-refractivity contribution in [3.63, 3.8) is 0 Å². The number of aromatic hydroxyl groups is 1. The minimum absolute atomic E-state index is 0.0632. The molecule has 4 nitrogen and oxygen atoms in total. The molecule has 0 saturated carbocycles. The minimum Gasteiger partial charge on any atom is -0.494 e. The fourth-order valence-corrected chi connectivity index (χ4v) is 3.89. The number of aliphatic imine (C=N–C) groups is 1. The molecule has 0 amide bonds. The van der Waals surface area contributed by atoms with Crippen LogP contribution in [0, 0.1) is 0 Å². The number of nitrogens with zero attached hydrogens (tertiary/aromatic N) is 2. The lowest BCUT2D eigenvalue weighted by Crippen LogP contribution is -2.23. The second-order valence-corrected chi connectivity index (χ2v) is 7.70. The molecule has 3 aromatic carbocycles. The summed E-state index contributed by atoms with van der Waals surface area (Å²) in [6, 6.07) is 15.4. The smallest absolute Gasteiger partial charge is 0.418 e. The molecular weight excluding hydrogens is 464 g/mol. The standard InChI is InChI=1S/C23H13Cl2F3N2O2/c24-13-9-14(25)11-15(10-13)29-12-18-16-5-1-2-6-17(16)21(31)30(22(18)32)20-8-4-3-7-19(20)23(26,27)28/h1-12,32H. The van der Waals surface area contributed by atoms with E-state index in [1.54, 1.807) is 18.2 Å². The molecule has 162 valence electrons. The average molecular weight is 477 g/mol. The fourth-order valence-electron chi connectivity index (χ4n) is 3.37. The van der Waals surface area contributed by atoms with E-state index in [1.807, 2.05) is 0 Å². The van der Waals surface area contributed by atoms with Gasteiger partial charge in [0, 0.05) is 27.0 Å². The van der Waals surface area contributed by atoms with Crippen LogP contribution in [0.3, 0.4) is 0 Å². The first-order valence-corrected chi connectivity index (χ1v) is 9.96. The lowest BCUT2D eigenvalue weighted by molar-refractivity contribution is -0.137. The summed E-state index contributed by atoms with van der Waals surface area (Å²) in [7, 11) is 0. The molecule has 0 spiro atoms. The van der Waals surface area contributed by atoms with Gasteiger partial charge in [-0.25, -0.2) is 4.57 Å². The van der Waals surface area contributed by atoms with Crippen molar-refractivity contribution in [3.05, 3.63) is 98.3 Å². The van der Waals surface area contributed by atoms with Gasteiger partial charge in [-0.15, -0.1) is 0 Å². The number of para-hydroxylation sites is 1. The third kappa shape index (κ3) is 4.09. The molecule has 0 radical (unpaired) electrons. The van der Waals surface area contributed by atoms with Crippen molar-refractivity contribution < 1.29 is 18.3 Å². The van der Waals surface area contributed by atoms with Crippen molar-refractivity contribution in [3.8, 4) is 11.6 Å². The Hall–Kier alpha value is -3.29. The highest BCUT2D eigenvalue weighted by Crippen LogP contribution is 2.36. The predicted octanol–water partition coefficient (Wildman–Crippen LogP) is 6.77. The summed E-state index contributed by atoms with van der Waals surface area (Å²) in [6.45, 7) is 0. The summed E-state index contributed by atoms with van der Waals surface area (Å²) in [6.07, 6.45) is -3.48. The third-order valence-corrected chi connectivity index (χ3v) is 5.18. The van der Waals surface area contributed by atoms with E-state index in [0.717, 1.165) is 12.1 Å². The van der Waals surface area contributed by atoms with E-state index in [0.29, 0.717) is 25.7 Å². The largest absolute Gasteiger partial charge is 0.494 e. The fraction of sp³-hybridized carbons (Fsp3) is 0.0435. The highest BCUT2D eigenvalue weighted by Gasteiger charge is 2.34. The van der Waals surface area contributed by atoms with Gasteiger partial charge in [-0.05, 0) is 36.4 Å². The zero-order chi connectivity index (χ0) is 23.0. The van der Waals surface area contributed by atoms with Crippen molar-refractivity contribution in [1.82, 2.24) is 4.57 Å². The van der Waals surface area contributed by atoms with Gasteiger partial charge in [-0.3, -0.25) is 9.79 Å². The Kier molecular flexibility index (Phi) is 5.71. The number of halogens is 5. The number of aromatic nitrogens is 1. The lowest BCUT2D eigenvalue weighted by atomic mass is 10.1. The highest BCUT2D eigenvalue weighted by molar-refractivity contribution is 6.35. The summed E-state index contributed by atoms with van der Waals surface area (Å²) in [4.78, 5) is 17.4. The summed E-state index contributed by atoms with van der Waals surface area (Å²) in [5.74, 6) is -0.678. The van der Waals surface area contributed by atoms with Gasteiger partial charge in [0.15, 0.2) is 0 Å². The molecule has 0 aliphatic heterocycles. The van der Waals surface area contributed by atoms with Crippen LogP contribution < -0.4 is 5.56 Å².